The van der Waals surface area contributed by atoms with Gasteiger partial charge in [-0.1, -0.05) is 13.8 Å². The molecule has 0 saturated heterocycles. The minimum absolute atomic E-state index is 0.112. The van der Waals surface area contributed by atoms with Crippen molar-refractivity contribution in [1.29, 1.82) is 0 Å². The van der Waals surface area contributed by atoms with Gasteiger partial charge in [0, 0.05) is 24.2 Å². The van der Waals surface area contributed by atoms with Gasteiger partial charge in [0.2, 0.25) is 0 Å². The number of hydrogen-bond acceptors (Lipinski definition) is 3. The van der Waals surface area contributed by atoms with Crippen LogP contribution in [0, 0.1) is 34.5 Å². The number of ketones is 2. The normalized spacial score (nSPS) is 53.9. The number of fused-ring (bicyclic) bond motifs is 5. The van der Waals surface area contributed by atoms with E-state index < -0.39 is 5.60 Å². The highest BCUT2D eigenvalue weighted by Crippen LogP contribution is 2.68. The monoisotopic (exact) mass is 332 g/mol. The Balaban J connectivity index is 1.66. The molecular weight excluding hydrogens is 300 g/mol. The second-order valence-electron chi connectivity index (χ2n) is 9.87. The van der Waals surface area contributed by atoms with Crippen LogP contribution in [0.2, 0.25) is 0 Å². The van der Waals surface area contributed by atoms with Crippen LogP contribution in [0.4, 0.5) is 0 Å². The average Bonchev–Trinajstić information content (AvgIpc) is 2.86. The molecule has 4 fully saturated rings. The molecule has 134 valence electrons. The van der Waals surface area contributed by atoms with Crippen LogP contribution in [-0.4, -0.2) is 22.3 Å². The molecule has 4 saturated carbocycles. The standard InChI is InChI=1S/C21H32O3/c1-13(22)16-4-5-17-15-7-11-21(24)12-14(23)6-10-20(21,3)18(15)8-9-19(16,17)2/h15-18,24H,4-12H2,1-3H3/t15-,16+,17-,18-,19+,20+,21?/m0/s1. The molecule has 7 atom stereocenters. The summed E-state index contributed by atoms with van der Waals surface area (Å²) in [6.45, 7) is 6.40. The van der Waals surface area contributed by atoms with Crippen molar-refractivity contribution >= 4 is 11.6 Å². The maximum absolute atomic E-state index is 12.2. The topological polar surface area (TPSA) is 54.4 Å². The predicted octanol–water partition coefficient (Wildman–Crippen LogP) is 3.92. The molecule has 1 unspecified atom stereocenters. The van der Waals surface area contributed by atoms with Gasteiger partial charge in [0.1, 0.15) is 11.6 Å². The van der Waals surface area contributed by atoms with Gasteiger partial charge < -0.3 is 5.11 Å². The molecule has 1 N–H and O–H groups in total. The summed E-state index contributed by atoms with van der Waals surface area (Å²) in [7, 11) is 0. The Morgan fingerprint density at radius 1 is 1.04 bits per heavy atom. The van der Waals surface area contributed by atoms with Gasteiger partial charge in [-0.15, -0.1) is 0 Å². The number of hydrogen-bond donors (Lipinski definition) is 1. The van der Waals surface area contributed by atoms with Crippen LogP contribution < -0.4 is 0 Å². The minimum Gasteiger partial charge on any atom is -0.389 e. The first-order valence-electron chi connectivity index (χ1n) is 9.96. The lowest BCUT2D eigenvalue weighted by atomic mass is 9.43. The first kappa shape index (κ1) is 16.8. The second-order valence-corrected chi connectivity index (χ2v) is 9.87. The van der Waals surface area contributed by atoms with Crippen molar-refractivity contribution in [3.05, 3.63) is 0 Å². The minimum atomic E-state index is -0.782. The van der Waals surface area contributed by atoms with E-state index in [2.05, 4.69) is 13.8 Å². The first-order valence-corrected chi connectivity index (χ1v) is 9.96. The molecule has 4 aliphatic carbocycles. The fourth-order valence-corrected chi connectivity index (χ4v) is 7.71. The lowest BCUT2D eigenvalue weighted by molar-refractivity contribution is -0.203. The molecule has 3 heteroatoms. The predicted molar refractivity (Wildman–Crippen MR) is 92.4 cm³/mol. The number of carbonyl (C=O) groups is 2. The molecule has 0 aliphatic heterocycles. The number of aliphatic hydroxyl groups is 1. The Bertz CT molecular complexity index is 584. The van der Waals surface area contributed by atoms with Crippen molar-refractivity contribution in [2.24, 2.45) is 34.5 Å². The van der Waals surface area contributed by atoms with Gasteiger partial charge in [0.15, 0.2) is 0 Å². The Morgan fingerprint density at radius 3 is 2.50 bits per heavy atom. The molecule has 24 heavy (non-hydrogen) atoms. The van der Waals surface area contributed by atoms with Crippen LogP contribution in [0.1, 0.15) is 78.6 Å². The van der Waals surface area contributed by atoms with E-state index in [1.165, 1.54) is 6.42 Å². The van der Waals surface area contributed by atoms with E-state index in [4.69, 9.17) is 0 Å². The van der Waals surface area contributed by atoms with Gasteiger partial charge in [-0.2, -0.15) is 0 Å². The summed E-state index contributed by atoms with van der Waals surface area (Å²) in [4.78, 5) is 24.1. The molecule has 4 rings (SSSR count). The maximum atomic E-state index is 12.2. The smallest absolute Gasteiger partial charge is 0.135 e. The van der Waals surface area contributed by atoms with E-state index in [-0.39, 0.29) is 22.5 Å². The highest BCUT2D eigenvalue weighted by molar-refractivity contribution is 5.81. The zero-order valence-corrected chi connectivity index (χ0v) is 15.4. The van der Waals surface area contributed by atoms with E-state index in [0.29, 0.717) is 36.4 Å². The van der Waals surface area contributed by atoms with Gasteiger partial charge in [0.05, 0.1) is 5.60 Å². The van der Waals surface area contributed by atoms with Gasteiger partial charge in [0.25, 0.3) is 0 Å². The summed E-state index contributed by atoms with van der Waals surface area (Å²) in [5.41, 5.74) is -0.724. The zero-order valence-electron chi connectivity index (χ0n) is 15.4. The van der Waals surface area contributed by atoms with Crippen molar-refractivity contribution in [2.75, 3.05) is 0 Å². The van der Waals surface area contributed by atoms with Gasteiger partial charge in [-0.25, -0.2) is 0 Å². The molecule has 0 aromatic carbocycles. The summed E-state index contributed by atoms with van der Waals surface area (Å²) >= 11 is 0. The molecule has 0 heterocycles. The number of rotatable bonds is 1. The van der Waals surface area contributed by atoms with Crippen LogP contribution in [0.15, 0.2) is 0 Å². The van der Waals surface area contributed by atoms with Crippen LogP contribution in [0.5, 0.6) is 0 Å². The van der Waals surface area contributed by atoms with E-state index in [1.54, 1.807) is 6.92 Å². The fraction of sp³-hybridized carbons (Fsp3) is 0.905. The zero-order chi connectivity index (χ0) is 17.3. The summed E-state index contributed by atoms with van der Waals surface area (Å²) in [6.07, 6.45) is 8.13. The third-order valence-corrected chi connectivity index (χ3v) is 9.11. The Labute approximate surface area is 145 Å². The van der Waals surface area contributed by atoms with Crippen LogP contribution >= 0.6 is 0 Å². The molecule has 0 amide bonds. The largest absolute Gasteiger partial charge is 0.389 e. The highest BCUT2D eigenvalue weighted by Gasteiger charge is 2.64. The van der Waals surface area contributed by atoms with Crippen molar-refractivity contribution in [2.45, 2.75) is 84.2 Å². The SMILES string of the molecule is CC(=O)[C@H]1CC[C@H]2[C@@H]3CCC4(O)CC(=O)CC[C@]4(C)[C@H]3CC[C@]12C. The van der Waals surface area contributed by atoms with Crippen molar-refractivity contribution < 1.29 is 14.7 Å². The fourth-order valence-electron chi connectivity index (χ4n) is 7.71. The Hall–Kier alpha value is -0.700. The first-order chi connectivity index (χ1) is 11.2. The van der Waals surface area contributed by atoms with Crippen LogP contribution in [-0.2, 0) is 9.59 Å². The third kappa shape index (κ3) is 2.00. The van der Waals surface area contributed by atoms with E-state index in [1.807, 2.05) is 0 Å². The molecule has 0 radical (unpaired) electrons. The van der Waals surface area contributed by atoms with Crippen LogP contribution in [0.25, 0.3) is 0 Å². The van der Waals surface area contributed by atoms with Gasteiger partial charge in [-0.05, 0) is 75.0 Å². The lowest BCUT2D eigenvalue weighted by Crippen LogP contribution is -2.62. The number of carbonyl (C=O) groups excluding carboxylic acids is 2. The molecule has 0 spiro atoms. The van der Waals surface area contributed by atoms with Crippen LogP contribution in [0.3, 0.4) is 0 Å². The van der Waals surface area contributed by atoms with Crippen molar-refractivity contribution in [3.8, 4) is 0 Å². The molecular formula is C21H32O3. The maximum Gasteiger partial charge on any atom is 0.135 e. The second kappa shape index (κ2) is 5.16. The highest BCUT2D eigenvalue weighted by atomic mass is 16.3. The van der Waals surface area contributed by atoms with E-state index in [9.17, 15) is 14.7 Å². The quantitative estimate of drug-likeness (QED) is 0.792. The van der Waals surface area contributed by atoms with Gasteiger partial charge in [-0.3, -0.25) is 9.59 Å². The molecule has 0 aromatic heterocycles. The summed E-state index contributed by atoms with van der Waals surface area (Å²) in [5, 5.41) is 11.3. The van der Waals surface area contributed by atoms with E-state index >= 15 is 0 Å². The molecule has 0 bridgehead atoms. The summed E-state index contributed by atoms with van der Waals surface area (Å²) in [6, 6.07) is 0. The number of Topliss-reactive ketones (excluding diaryl/α,β-unsaturated/α-hetero) is 2. The van der Waals surface area contributed by atoms with E-state index in [0.717, 1.165) is 38.5 Å². The Morgan fingerprint density at radius 2 is 1.79 bits per heavy atom. The van der Waals surface area contributed by atoms with Gasteiger partial charge >= 0.3 is 0 Å². The summed E-state index contributed by atoms with van der Waals surface area (Å²) in [5.74, 6) is 2.64. The average molecular weight is 332 g/mol. The van der Waals surface area contributed by atoms with Crippen molar-refractivity contribution in [3.63, 3.8) is 0 Å². The lowest BCUT2D eigenvalue weighted by Gasteiger charge is -2.63. The molecule has 3 nitrogen and oxygen atoms in total. The van der Waals surface area contributed by atoms with Crippen molar-refractivity contribution in [1.82, 2.24) is 0 Å². The molecule has 0 aromatic rings. The summed E-state index contributed by atoms with van der Waals surface area (Å²) < 4.78 is 0. The Kier molecular flexibility index (Phi) is 3.60. The molecule has 4 aliphatic rings. The third-order valence-electron chi connectivity index (χ3n) is 9.11.